The first-order chi connectivity index (χ1) is 9.30. The van der Waals surface area contributed by atoms with E-state index in [4.69, 9.17) is 0 Å². The summed E-state index contributed by atoms with van der Waals surface area (Å²) in [7, 11) is 0. The summed E-state index contributed by atoms with van der Waals surface area (Å²) in [6.45, 7) is 8.32. The molecule has 0 amide bonds. The maximum atomic E-state index is 4.40. The number of aromatic nitrogens is 2. The number of nitrogens with zero attached hydrogens (tertiary/aromatic N) is 2. The molecule has 1 aromatic carbocycles. The zero-order chi connectivity index (χ0) is 13.7. The maximum Gasteiger partial charge on any atom is 0.0610 e. The summed E-state index contributed by atoms with van der Waals surface area (Å²) < 4.78 is 1.98. The fraction of sp³-hybridized carbons (Fsp3) is 0.438. The molecule has 0 bridgehead atoms. The van der Waals surface area contributed by atoms with Crippen LogP contribution in [0.3, 0.4) is 0 Å². The topological polar surface area (TPSA) is 29.9 Å². The Morgan fingerprint density at radius 1 is 1.21 bits per heavy atom. The second-order valence-electron chi connectivity index (χ2n) is 4.67. The van der Waals surface area contributed by atoms with E-state index in [2.05, 4.69) is 61.6 Å². The van der Waals surface area contributed by atoms with Gasteiger partial charge < -0.3 is 5.32 Å². The van der Waals surface area contributed by atoms with Crippen LogP contribution < -0.4 is 5.32 Å². The van der Waals surface area contributed by atoms with Gasteiger partial charge in [-0.15, -0.1) is 0 Å². The molecule has 1 atom stereocenters. The molecule has 1 aromatic heterocycles. The minimum atomic E-state index is 0.237. The Balaban J connectivity index is 2.38. The lowest BCUT2D eigenvalue weighted by Gasteiger charge is -2.20. The Kier molecular flexibility index (Phi) is 4.74. The van der Waals surface area contributed by atoms with E-state index in [0.29, 0.717) is 0 Å². The van der Waals surface area contributed by atoms with Crippen LogP contribution in [0.15, 0.2) is 36.7 Å². The first kappa shape index (κ1) is 13.8. The number of hydrogen-bond acceptors (Lipinski definition) is 2. The van der Waals surface area contributed by atoms with Crippen molar-refractivity contribution < 1.29 is 0 Å². The van der Waals surface area contributed by atoms with Crippen LogP contribution in [0.4, 0.5) is 0 Å². The summed E-state index contributed by atoms with van der Waals surface area (Å²) in [4.78, 5) is 0. The highest BCUT2D eigenvalue weighted by Crippen LogP contribution is 2.25. The van der Waals surface area contributed by atoms with Crippen molar-refractivity contribution in [3.05, 3.63) is 53.3 Å². The number of rotatable bonds is 6. The minimum Gasteiger partial charge on any atom is -0.306 e. The number of hydrogen-bond donors (Lipinski definition) is 1. The highest BCUT2D eigenvalue weighted by atomic mass is 15.3. The van der Waals surface area contributed by atoms with E-state index in [1.165, 1.54) is 16.7 Å². The second-order valence-corrected chi connectivity index (χ2v) is 4.67. The Bertz CT molecular complexity index is 516. The molecule has 2 aromatic rings. The van der Waals surface area contributed by atoms with E-state index in [1.807, 2.05) is 10.9 Å². The van der Waals surface area contributed by atoms with E-state index < -0.39 is 0 Å². The molecule has 0 aliphatic carbocycles. The molecule has 102 valence electrons. The summed E-state index contributed by atoms with van der Waals surface area (Å²) in [6.07, 6.45) is 5.17. The third-order valence-corrected chi connectivity index (χ3v) is 3.47. The molecule has 0 saturated heterocycles. The molecule has 1 unspecified atom stereocenters. The quantitative estimate of drug-likeness (QED) is 0.861. The fourth-order valence-corrected chi connectivity index (χ4v) is 2.45. The SMILES string of the molecule is CCNC(c1cnn(CC)c1)c1ccccc1CC. The average molecular weight is 257 g/mol. The summed E-state index contributed by atoms with van der Waals surface area (Å²) in [5.74, 6) is 0. The molecular formula is C16H23N3. The van der Waals surface area contributed by atoms with Crippen LogP contribution in [-0.2, 0) is 13.0 Å². The van der Waals surface area contributed by atoms with Crippen molar-refractivity contribution in [1.82, 2.24) is 15.1 Å². The molecule has 3 nitrogen and oxygen atoms in total. The molecular weight excluding hydrogens is 234 g/mol. The Hall–Kier alpha value is -1.61. The van der Waals surface area contributed by atoms with Crippen molar-refractivity contribution in [3.63, 3.8) is 0 Å². The van der Waals surface area contributed by atoms with Gasteiger partial charge in [-0.25, -0.2) is 0 Å². The molecule has 0 aliphatic rings. The van der Waals surface area contributed by atoms with Gasteiger partial charge in [-0.05, 0) is 31.0 Å². The van der Waals surface area contributed by atoms with Crippen molar-refractivity contribution in [1.29, 1.82) is 0 Å². The largest absolute Gasteiger partial charge is 0.306 e. The monoisotopic (exact) mass is 257 g/mol. The second kappa shape index (κ2) is 6.53. The molecule has 3 heteroatoms. The lowest BCUT2D eigenvalue weighted by molar-refractivity contribution is 0.621. The fourth-order valence-electron chi connectivity index (χ4n) is 2.45. The number of benzene rings is 1. The Morgan fingerprint density at radius 2 is 2.00 bits per heavy atom. The van der Waals surface area contributed by atoms with Gasteiger partial charge in [0.25, 0.3) is 0 Å². The Labute approximate surface area is 115 Å². The van der Waals surface area contributed by atoms with Gasteiger partial charge in [-0.2, -0.15) is 5.10 Å². The third kappa shape index (κ3) is 3.04. The summed E-state index contributed by atoms with van der Waals surface area (Å²) >= 11 is 0. The van der Waals surface area contributed by atoms with Gasteiger partial charge in [-0.3, -0.25) is 4.68 Å². The van der Waals surface area contributed by atoms with E-state index in [9.17, 15) is 0 Å². The zero-order valence-corrected chi connectivity index (χ0v) is 12.1. The first-order valence-corrected chi connectivity index (χ1v) is 7.13. The van der Waals surface area contributed by atoms with Gasteiger partial charge in [-0.1, -0.05) is 38.1 Å². The molecule has 2 rings (SSSR count). The highest BCUT2D eigenvalue weighted by Gasteiger charge is 2.17. The zero-order valence-electron chi connectivity index (χ0n) is 12.1. The predicted octanol–water partition coefficient (Wildman–Crippen LogP) is 3.16. The Morgan fingerprint density at radius 3 is 2.63 bits per heavy atom. The van der Waals surface area contributed by atoms with Crippen molar-refractivity contribution in [2.75, 3.05) is 6.54 Å². The van der Waals surface area contributed by atoms with E-state index in [0.717, 1.165) is 19.5 Å². The highest BCUT2D eigenvalue weighted by molar-refractivity contribution is 5.36. The molecule has 0 saturated carbocycles. The van der Waals surface area contributed by atoms with Crippen LogP contribution in [0.2, 0.25) is 0 Å². The average Bonchev–Trinajstić information content (AvgIpc) is 2.93. The van der Waals surface area contributed by atoms with Crippen molar-refractivity contribution in [2.45, 2.75) is 39.8 Å². The number of aryl methyl sites for hydroxylation is 2. The molecule has 0 spiro atoms. The summed E-state index contributed by atoms with van der Waals surface area (Å²) in [5.41, 5.74) is 4.00. The van der Waals surface area contributed by atoms with Crippen LogP contribution >= 0.6 is 0 Å². The molecule has 19 heavy (non-hydrogen) atoms. The van der Waals surface area contributed by atoms with E-state index in [1.54, 1.807) is 0 Å². The predicted molar refractivity (Wildman–Crippen MR) is 79.2 cm³/mol. The summed E-state index contributed by atoms with van der Waals surface area (Å²) in [5, 5.41) is 7.97. The number of nitrogens with one attached hydrogen (secondary N) is 1. The molecule has 0 aliphatic heterocycles. The van der Waals surface area contributed by atoms with Crippen LogP contribution in [0.1, 0.15) is 43.5 Å². The molecule has 1 heterocycles. The van der Waals surface area contributed by atoms with Gasteiger partial charge >= 0.3 is 0 Å². The molecule has 0 fully saturated rings. The van der Waals surface area contributed by atoms with Gasteiger partial charge in [0.05, 0.1) is 12.2 Å². The van der Waals surface area contributed by atoms with E-state index >= 15 is 0 Å². The van der Waals surface area contributed by atoms with Crippen molar-refractivity contribution in [3.8, 4) is 0 Å². The maximum absolute atomic E-state index is 4.40. The standard InChI is InChI=1S/C16H23N3/c1-4-13-9-7-8-10-15(13)16(17-5-2)14-11-18-19(6-3)12-14/h7-12,16-17H,4-6H2,1-3H3. The van der Waals surface area contributed by atoms with Gasteiger partial charge in [0.15, 0.2) is 0 Å². The van der Waals surface area contributed by atoms with Crippen LogP contribution in [0.25, 0.3) is 0 Å². The third-order valence-electron chi connectivity index (χ3n) is 3.47. The van der Waals surface area contributed by atoms with Crippen LogP contribution in [0.5, 0.6) is 0 Å². The van der Waals surface area contributed by atoms with Gasteiger partial charge in [0, 0.05) is 18.3 Å². The van der Waals surface area contributed by atoms with Gasteiger partial charge in [0.1, 0.15) is 0 Å². The van der Waals surface area contributed by atoms with Crippen LogP contribution in [0, 0.1) is 0 Å². The normalized spacial score (nSPS) is 12.6. The smallest absolute Gasteiger partial charge is 0.0610 e. The lowest BCUT2D eigenvalue weighted by Crippen LogP contribution is -2.22. The van der Waals surface area contributed by atoms with Crippen molar-refractivity contribution >= 4 is 0 Å². The van der Waals surface area contributed by atoms with Crippen LogP contribution in [-0.4, -0.2) is 16.3 Å². The summed E-state index contributed by atoms with van der Waals surface area (Å²) in [6, 6.07) is 8.89. The van der Waals surface area contributed by atoms with Crippen molar-refractivity contribution in [2.24, 2.45) is 0 Å². The van der Waals surface area contributed by atoms with Gasteiger partial charge in [0.2, 0.25) is 0 Å². The first-order valence-electron chi connectivity index (χ1n) is 7.13. The minimum absolute atomic E-state index is 0.237. The lowest BCUT2D eigenvalue weighted by atomic mass is 9.95. The van der Waals surface area contributed by atoms with E-state index in [-0.39, 0.29) is 6.04 Å². The molecule has 1 N–H and O–H groups in total. The molecule has 0 radical (unpaired) electrons.